The van der Waals surface area contributed by atoms with E-state index in [0.717, 1.165) is 5.56 Å². The minimum absolute atomic E-state index is 0.0400. The summed E-state index contributed by atoms with van der Waals surface area (Å²) in [5, 5.41) is 9.66. The number of benzene rings is 1. The Morgan fingerprint density at radius 3 is 2.77 bits per heavy atom. The molecular weight excluding hydrogens is 408 g/mol. The van der Waals surface area contributed by atoms with Gasteiger partial charge in [0.25, 0.3) is 0 Å². The predicted octanol–water partition coefficient (Wildman–Crippen LogP) is 1.59. The van der Waals surface area contributed by atoms with Gasteiger partial charge in [0.05, 0.1) is 13.2 Å². The normalized spacial score (nSPS) is 22.6. The Hall–Kier alpha value is -1.94. The number of fused-ring (bicyclic) bond motifs is 1. The van der Waals surface area contributed by atoms with Crippen LogP contribution in [0.5, 0.6) is 5.75 Å². The summed E-state index contributed by atoms with van der Waals surface area (Å²) in [4.78, 5) is 13.8. The zero-order valence-corrected chi connectivity index (χ0v) is 19.1. The molecule has 30 heavy (non-hydrogen) atoms. The molecular formula is C21H32N2O6S. The molecule has 0 aliphatic carbocycles. The molecule has 1 N–H and O–H groups in total. The third kappa shape index (κ3) is 5.40. The Balaban J connectivity index is 2.52. The number of aliphatic hydroxyl groups is 1. The molecule has 0 aromatic heterocycles. The number of likely N-dealkylation sites (N-methyl/N-ethyl adjacent to an activating group) is 1. The molecule has 1 aliphatic rings. The first-order valence-electron chi connectivity index (χ1n) is 9.94. The maximum Gasteiger partial charge on any atom is 0.248 e. The molecule has 8 nitrogen and oxygen atoms in total. The molecule has 0 radical (unpaired) electrons. The highest BCUT2D eigenvalue weighted by atomic mass is 32.2. The predicted molar refractivity (Wildman–Crippen MR) is 115 cm³/mol. The van der Waals surface area contributed by atoms with Crippen LogP contribution in [0.1, 0.15) is 26.3 Å². The van der Waals surface area contributed by atoms with Crippen LogP contribution in [0.25, 0.3) is 6.08 Å². The molecule has 1 heterocycles. The highest BCUT2D eigenvalue weighted by Gasteiger charge is 2.38. The van der Waals surface area contributed by atoms with Gasteiger partial charge in [-0.1, -0.05) is 25.1 Å². The number of rotatable bonds is 7. The summed E-state index contributed by atoms with van der Waals surface area (Å²) in [6.45, 7) is 5.53. The number of allylic oxidation sites excluding steroid dienone is 1. The lowest BCUT2D eigenvalue weighted by Crippen LogP contribution is -2.50. The SMILES string of the molecule is C/C=C/c1ccc2c(c1)O[C@@H](CN(C)C(=O)COC)[C@@H](C)CN([C@@H](C)CO)S2(=O)=O. The van der Waals surface area contributed by atoms with Crippen LogP contribution in [0.15, 0.2) is 29.2 Å². The number of hydrogen-bond donors (Lipinski definition) is 1. The Labute approximate surface area is 179 Å². The van der Waals surface area contributed by atoms with Crippen LogP contribution < -0.4 is 4.74 Å². The number of carbonyl (C=O) groups excluding carboxylic acids is 1. The van der Waals surface area contributed by atoms with Crippen LogP contribution in [-0.4, -0.2) is 81.2 Å². The fraction of sp³-hybridized carbons (Fsp3) is 0.571. The van der Waals surface area contributed by atoms with Crippen molar-refractivity contribution < 1.29 is 27.8 Å². The summed E-state index contributed by atoms with van der Waals surface area (Å²) in [6, 6.07) is 4.35. The van der Waals surface area contributed by atoms with E-state index in [0.29, 0.717) is 0 Å². The van der Waals surface area contributed by atoms with Crippen molar-refractivity contribution >= 4 is 22.0 Å². The molecule has 3 atom stereocenters. The summed E-state index contributed by atoms with van der Waals surface area (Å²) < 4.78 is 39.1. The molecule has 2 rings (SSSR count). The summed E-state index contributed by atoms with van der Waals surface area (Å²) in [6.07, 6.45) is 3.27. The van der Waals surface area contributed by atoms with E-state index in [2.05, 4.69) is 0 Å². The van der Waals surface area contributed by atoms with Crippen molar-refractivity contribution in [3.63, 3.8) is 0 Å². The molecule has 168 valence electrons. The third-order valence-corrected chi connectivity index (χ3v) is 7.22. The van der Waals surface area contributed by atoms with Gasteiger partial charge in [0.15, 0.2) is 0 Å². The van der Waals surface area contributed by atoms with Crippen LogP contribution in [0, 0.1) is 5.92 Å². The summed E-state index contributed by atoms with van der Waals surface area (Å²) in [5.41, 5.74) is 0.809. The van der Waals surface area contributed by atoms with Crippen molar-refractivity contribution in [3.05, 3.63) is 29.8 Å². The lowest BCUT2D eigenvalue weighted by atomic mass is 10.0. The molecule has 0 bridgehead atoms. The lowest BCUT2D eigenvalue weighted by Gasteiger charge is -2.37. The average Bonchev–Trinajstić information content (AvgIpc) is 2.70. The number of carbonyl (C=O) groups is 1. The monoisotopic (exact) mass is 440 g/mol. The van der Waals surface area contributed by atoms with Crippen molar-refractivity contribution in [2.45, 2.75) is 37.8 Å². The van der Waals surface area contributed by atoms with Gasteiger partial charge in [-0.2, -0.15) is 4.31 Å². The number of amides is 1. The minimum atomic E-state index is -3.87. The molecule has 0 spiro atoms. The fourth-order valence-corrected chi connectivity index (χ4v) is 5.19. The second kappa shape index (κ2) is 10.4. The van der Waals surface area contributed by atoms with Crippen LogP contribution in [-0.2, 0) is 19.6 Å². The van der Waals surface area contributed by atoms with Crippen molar-refractivity contribution in [3.8, 4) is 5.75 Å². The largest absolute Gasteiger partial charge is 0.487 e. The Morgan fingerprint density at radius 1 is 1.47 bits per heavy atom. The topological polar surface area (TPSA) is 96.4 Å². The van der Waals surface area contributed by atoms with Gasteiger partial charge in [-0.25, -0.2) is 8.42 Å². The quantitative estimate of drug-likeness (QED) is 0.692. The first kappa shape index (κ1) is 24.3. The van der Waals surface area contributed by atoms with Crippen molar-refractivity contribution in [2.75, 3.05) is 40.5 Å². The van der Waals surface area contributed by atoms with E-state index in [1.165, 1.54) is 22.4 Å². The van der Waals surface area contributed by atoms with Gasteiger partial charge in [-0.05, 0) is 31.5 Å². The second-order valence-electron chi connectivity index (χ2n) is 7.65. The molecule has 1 aliphatic heterocycles. The average molecular weight is 441 g/mol. The van der Waals surface area contributed by atoms with Gasteiger partial charge in [0.2, 0.25) is 15.9 Å². The first-order chi connectivity index (χ1) is 14.1. The highest BCUT2D eigenvalue weighted by Crippen LogP contribution is 2.34. The van der Waals surface area contributed by atoms with Crippen LogP contribution >= 0.6 is 0 Å². The summed E-state index contributed by atoms with van der Waals surface area (Å²) >= 11 is 0. The zero-order valence-electron chi connectivity index (χ0n) is 18.2. The van der Waals surface area contributed by atoms with E-state index in [1.807, 2.05) is 26.0 Å². The Bertz CT molecular complexity index is 870. The van der Waals surface area contributed by atoms with Crippen molar-refractivity contribution in [2.24, 2.45) is 5.92 Å². The van der Waals surface area contributed by atoms with E-state index in [-0.39, 0.29) is 48.8 Å². The molecule has 1 aromatic rings. The summed E-state index contributed by atoms with van der Waals surface area (Å²) in [7, 11) is -0.750. The van der Waals surface area contributed by atoms with Crippen LogP contribution in [0.3, 0.4) is 0 Å². The molecule has 0 saturated heterocycles. The number of sulfonamides is 1. The van der Waals surface area contributed by atoms with Gasteiger partial charge >= 0.3 is 0 Å². The highest BCUT2D eigenvalue weighted by molar-refractivity contribution is 7.89. The van der Waals surface area contributed by atoms with E-state index in [9.17, 15) is 18.3 Å². The maximum atomic E-state index is 13.4. The van der Waals surface area contributed by atoms with E-state index < -0.39 is 22.2 Å². The number of aliphatic hydroxyl groups excluding tert-OH is 1. The Morgan fingerprint density at radius 2 is 2.17 bits per heavy atom. The fourth-order valence-electron chi connectivity index (χ4n) is 3.36. The van der Waals surface area contributed by atoms with Crippen molar-refractivity contribution in [1.82, 2.24) is 9.21 Å². The van der Waals surface area contributed by atoms with Gasteiger partial charge in [0, 0.05) is 32.7 Å². The van der Waals surface area contributed by atoms with E-state index >= 15 is 0 Å². The molecule has 0 fully saturated rings. The lowest BCUT2D eigenvalue weighted by molar-refractivity contribution is -0.135. The van der Waals surface area contributed by atoms with Gasteiger partial charge in [-0.3, -0.25) is 4.79 Å². The second-order valence-corrected chi connectivity index (χ2v) is 9.51. The smallest absolute Gasteiger partial charge is 0.248 e. The minimum Gasteiger partial charge on any atom is -0.487 e. The number of methoxy groups -OCH3 is 1. The van der Waals surface area contributed by atoms with E-state index in [1.54, 1.807) is 26.1 Å². The number of ether oxygens (including phenoxy) is 2. The molecule has 1 amide bonds. The molecule has 0 saturated carbocycles. The third-order valence-electron chi connectivity index (χ3n) is 5.20. The van der Waals surface area contributed by atoms with Crippen LogP contribution in [0.2, 0.25) is 0 Å². The standard InChI is InChI=1S/C21H32N2O6S/c1-6-7-17-8-9-20-18(10-17)29-19(12-22(4)21(25)14-28-5)15(2)11-23(16(3)13-24)30(20,26)27/h6-10,15-16,19,24H,11-14H2,1-5H3/b7-6+/t15-,16-,19-/m0/s1. The van der Waals surface area contributed by atoms with Gasteiger partial charge in [-0.15, -0.1) is 0 Å². The number of nitrogens with zero attached hydrogens (tertiary/aromatic N) is 2. The number of hydrogen-bond acceptors (Lipinski definition) is 6. The first-order valence-corrected chi connectivity index (χ1v) is 11.4. The maximum absolute atomic E-state index is 13.4. The molecule has 9 heteroatoms. The summed E-state index contributed by atoms with van der Waals surface area (Å²) in [5.74, 6) is -0.179. The zero-order chi connectivity index (χ0) is 22.5. The van der Waals surface area contributed by atoms with Crippen LogP contribution in [0.4, 0.5) is 0 Å². The Kier molecular flexibility index (Phi) is 8.42. The van der Waals surface area contributed by atoms with E-state index in [4.69, 9.17) is 9.47 Å². The van der Waals surface area contributed by atoms with Crippen molar-refractivity contribution in [1.29, 1.82) is 0 Å². The molecule has 1 aromatic carbocycles. The molecule has 0 unspecified atom stereocenters. The van der Waals surface area contributed by atoms with Gasteiger partial charge < -0.3 is 19.5 Å². The van der Waals surface area contributed by atoms with Gasteiger partial charge in [0.1, 0.15) is 23.4 Å².